The van der Waals surface area contributed by atoms with Crippen LogP contribution in [0.3, 0.4) is 0 Å². The van der Waals surface area contributed by atoms with Crippen LogP contribution in [0.2, 0.25) is 0 Å². The number of aromatic nitrogens is 4. The van der Waals surface area contributed by atoms with Crippen molar-refractivity contribution < 1.29 is 40.1 Å². The second kappa shape index (κ2) is 15.3. The molecule has 2 aliphatic rings. The summed E-state index contributed by atoms with van der Waals surface area (Å²) in [5.74, 6) is -1.78. The third-order valence-electron chi connectivity index (χ3n) is 11.4. The van der Waals surface area contributed by atoms with Crippen molar-refractivity contribution in [3.63, 3.8) is 0 Å². The molecule has 58 heavy (non-hydrogen) atoms. The predicted octanol–water partition coefficient (Wildman–Crippen LogP) is 8.57. The molecule has 0 aliphatic heterocycles. The minimum atomic E-state index is -4.08. The quantitative estimate of drug-likeness (QED) is 0.140. The molecule has 0 amide bonds. The van der Waals surface area contributed by atoms with Crippen molar-refractivity contribution in [2.75, 3.05) is 11.5 Å². The Morgan fingerprint density at radius 1 is 0.983 bits per heavy atom. The van der Waals surface area contributed by atoms with Crippen LogP contribution in [0.1, 0.15) is 73.1 Å². The molecular formula is C42H44F3N5O7S. The Labute approximate surface area is 333 Å². The third-order valence-corrected chi connectivity index (χ3v) is 12.3. The highest BCUT2D eigenvalue weighted by Crippen LogP contribution is 2.64. The van der Waals surface area contributed by atoms with Gasteiger partial charge in [0.15, 0.2) is 17.2 Å². The molecule has 3 aromatic heterocycles. The molecule has 3 unspecified atom stereocenters. The molecule has 3 heterocycles. The molecule has 3 atom stereocenters. The van der Waals surface area contributed by atoms with Gasteiger partial charge in [0.25, 0.3) is 10.1 Å². The number of rotatable bonds is 8. The van der Waals surface area contributed by atoms with Gasteiger partial charge in [0, 0.05) is 12.0 Å². The predicted molar refractivity (Wildman–Crippen MR) is 214 cm³/mol. The Morgan fingerprint density at radius 3 is 2.33 bits per heavy atom. The third kappa shape index (κ3) is 7.23. The Balaban J connectivity index is 0.000000298. The van der Waals surface area contributed by atoms with E-state index in [0.717, 1.165) is 12.5 Å². The number of nitrogens with zero attached hydrogens (tertiary/aromatic N) is 4. The van der Waals surface area contributed by atoms with E-state index in [1.807, 2.05) is 13.8 Å². The summed E-state index contributed by atoms with van der Waals surface area (Å²) in [5, 5.41) is 4.81. The normalized spacial score (nSPS) is 18.9. The van der Waals surface area contributed by atoms with Crippen LogP contribution in [0.4, 0.5) is 19.0 Å². The number of Topliss-reactive ketones (excluding diaryl/α,β-unsaturated/α-hetero) is 1. The van der Waals surface area contributed by atoms with Crippen molar-refractivity contribution in [2.24, 2.45) is 16.7 Å². The number of hydrogen-bond donors (Lipinski definition) is 2. The highest BCUT2D eigenvalue weighted by molar-refractivity contribution is 7.85. The summed E-state index contributed by atoms with van der Waals surface area (Å²) in [7, 11) is -4.08. The molecule has 3 N–H and O–H groups in total. The maximum Gasteiger partial charge on any atom is 0.265 e. The first-order valence-electron chi connectivity index (χ1n) is 18.3. The zero-order valence-corrected chi connectivity index (χ0v) is 32.5. The van der Waals surface area contributed by atoms with Gasteiger partial charge >= 0.3 is 0 Å². The average molecular weight is 820 g/mol. The summed E-state index contributed by atoms with van der Waals surface area (Å²) in [6.07, 6.45) is 3.00. The molecule has 16 heteroatoms. The second-order valence-electron chi connectivity index (χ2n) is 15.4. The highest BCUT2D eigenvalue weighted by Gasteiger charge is 2.65. The van der Waals surface area contributed by atoms with E-state index in [1.54, 1.807) is 26.8 Å². The summed E-state index contributed by atoms with van der Waals surface area (Å²) in [6, 6.07) is 13.0. The van der Waals surface area contributed by atoms with Crippen molar-refractivity contribution in [3.8, 4) is 28.1 Å². The molecule has 8 rings (SSSR count). The summed E-state index contributed by atoms with van der Waals surface area (Å²) in [4.78, 5) is 34.1. The smallest absolute Gasteiger partial charge is 0.265 e. The monoisotopic (exact) mass is 819 g/mol. The summed E-state index contributed by atoms with van der Waals surface area (Å²) in [5.41, 5.74) is 5.58. The first-order valence-corrected chi connectivity index (χ1v) is 19.9. The van der Waals surface area contributed by atoms with Gasteiger partial charge in [-0.25, -0.2) is 27.8 Å². The van der Waals surface area contributed by atoms with E-state index in [0.29, 0.717) is 23.8 Å². The van der Waals surface area contributed by atoms with Crippen molar-refractivity contribution in [1.29, 1.82) is 0 Å². The van der Waals surface area contributed by atoms with Gasteiger partial charge in [-0.15, -0.1) is 0 Å². The summed E-state index contributed by atoms with van der Waals surface area (Å²) >= 11 is 0. The Bertz CT molecular complexity index is 2750. The van der Waals surface area contributed by atoms with Gasteiger partial charge in [-0.2, -0.15) is 13.5 Å². The number of hydrogen-bond acceptors (Lipinski definition) is 10. The number of anilines is 1. The van der Waals surface area contributed by atoms with Gasteiger partial charge in [-0.1, -0.05) is 39.5 Å². The minimum absolute atomic E-state index is 0. The van der Waals surface area contributed by atoms with Gasteiger partial charge in [0.05, 0.1) is 28.2 Å². The molecule has 3 aromatic carbocycles. The van der Waals surface area contributed by atoms with E-state index in [9.17, 15) is 31.2 Å². The number of benzene rings is 3. The lowest BCUT2D eigenvalue weighted by atomic mass is 9.70. The van der Waals surface area contributed by atoms with Crippen molar-refractivity contribution in [2.45, 2.75) is 73.5 Å². The van der Waals surface area contributed by atoms with Crippen LogP contribution < -0.4 is 15.9 Å². The SMILES string of the molecule is C.CC(C)Oc1ccc(-c2nn(C(C)c3oc4cccc(F)c4c(=O)c3-c3cccc(F)c3)c3ncnc(N)c23)cc1F.CC1(C)C2CCC1(CS(=O)(=O)O)C(=O)C2. The minimum Gasteiger partial charge on any atom is -0.488 e. The molecular weight excluding hydrogens is 776 g/mol. The zero-order valence-electron chi connectivity index (χ0n) is 31.7. The molecule has 2 saturated carbocycles. The van der Waals surface area contributed by atoms with Crippen LogP contribution >= 0.6 is 0 Å². The van der Waals surface area contributed by atoms with Crippen LogP contribution in [0.15, 0.2) is 76.2 Å². The summed E-state index contributed by atoms with van der Waals surface area (Å²) in [6.45, 7) is 9.17. The Morgan fingerprint density at radius 2 is 1.71 bits per heavy atom. The molecule has 2 bridgehead atoms. The lowest BCUT2D eigenvalue weighted by molar-refractivity contribution is -0.128. The van der Waals surface area contributed by atoms with Gasteiger partial charge in [-0.3, -0.25) is 14.1 Å². The molecule has 0 spiro atoms. The largest absolute Gasteiger partial charge is 0.488 e. The fraction of sp³-hybridized carbons (Fsp3) is 0.357. The fourth-order valence-electron chi connectivity index (χ4n) is 8.42. The molecule has 0 saturated heterocycles. The number of halogens is 3. The summed E-state index contributed by atoms with van der Waals surface area (Å²) < 4.78 is 88.3. The van der Waals surface area contributed by atoms with E-state index < -0.39 is 50.2 Å². The van der Waals surface area contributed by atoms with Crippen LogP contribution in [0, 0.1) is 34.2 Å². The Hall–Kier alpha value is -5.61. The van der Waals surface area contributed by atoms with Gasteiger partial charge in [0.2, 0.25) is 5.43 Å². The maximum atomic E-state index is 15.0. The number of nitrogens with two attached hydrogens (primary N) is 1. The van der Waals surface area contributed by atoms with Gasteiger partial charge in [0.1, 0.15) is 58.0 Å². The number of nitrogen functional groups attached to an aromatic ring is 1. The van der Waals surface area contributed by atoms with Crippen molar-refractivity contribution in [3.05, 3.63) is 100 Å². The van der Waals surface area contributed by atoms with Gasteiger partial charge in [-0.05, 0) is 93.0 Å². The molecule has 2 aliphatic carbocycles. The number of fused-ring (bicyclic) bond motifs is 4. The fourth-order valence-corrected chi connectivity index (χ4v) is 9.72. The van der Waals surface area contributed by atoms with Crippen molar-refractivity contribution in [1.82, 2.24) is 19.7 Å². The van der Waals surface area contributed by atoms with E-state index >= 15 is 0 Å². The standard InChI is InChI=1S/C31H24F3N5O3.C10H16O4S.CH4/c1-15(2)41-22-11-10-18(13-21(22)34)27-26-30(35)36-14-37-31(26)39(38-27)16(3)29-24(17-6-4-7-19(32)12-17)28(40)25-20(33)8-5-9-23(25)42-29;1-9(2)7-3-4-10(9,8(11)5-7)6-15(12,13)14;/h4-16H,1-3H3,(H2,35,36,37);7H,3-6H2,1-2H3,(H,12,13,14);1H4. The van der Waals surface area contributed by atoms with Crippen LogP contribution in [-0.2, 0) is 14.9 Å². The molecule has 306 valence electrons. The van der Waals surface area contributed by atoms with Crippen LogP contribution in [-0.4, -0.2) is 50.4 Å². The number of ether oxygens (including phenoxy) is 1. The average Bonchev–Trinajstić information content (AvgIpc) is 3.69. The lowest BCUT2D eigenvalue weighted by Gasteiger charge is -2.35. The molecule has 0 radical (unpaired) electrons. The van der Waals surface area contributed by atoms with Gasteiger partial charge < -0.3 is 14.9 Å². The first-order chi connectivity index (χ1) is 26.8. The number of ketones is 1. The van der Waals surface area contributed by atoms with Crippen molar-refractivity contribution >= 4 is 43.7 Å². The van der Waals surface area contributed by atoms with E-state index in [-0.39, 0.29) is 81.4 Å². The van der Waals surface area contributed by atoms with E-state index in [1.165, 1.54) is 59.5 Å². The zero-order chi connectivity index (χ0) is 41.2. The topological polar surface area (TPSA) is 180 Å². The lowest BCUT2D eigenvalue weighted by Crippen LogP contribution is -2.42. The second-order valence-corrected chi connectivity index (χ2v) is 16.9. The van der Waals surface area contributed by atoms with Crippen LogP contribution in [0.25, 0.3) is 44.4 Å². The number of carbonyl (C=O) groups excluding carboxylic acids is 1. The van der Waals surface area contributed by atoms with E-state index in [4.69, 9.17) is 24.5 Å². The van der Waals surface area contributed by atoms with E-state index in [2.05, 4.69) is 9.97 Å². The maximum absolute atomic E-state index is 15.0. The highest BCUT2D eigenvalue weighted by atomic mass is 32.2. The van der Waals surface area contributed by atoms with Crippen LogP contribution in [0.5, 0.6) is 5.75 Å². The molecule has 12 nitrogen and oxygen atoms in total. The number of carbonyl (C=O) groups is 1. The molecule has 2 fully saturated rings. The Kier molecular flexibility index (Phi) is 11.1. The molecule has 6 aromatic rings. The first kappa shape index (κ1) is 42.0.